The van der Waals surface area contributed by atoms with E-state index in [0.717, 1.165) is 43.5 Å². The molecule has 1 aliphatic heterocycles. The van der Waals surface area contributed by atoms with Crippen LogP contribution >= 0.6 is 36.2 Å². The van der Waals surface area contributed by atoms with Gasteiger partial charge in [-0.05, 0) is 38.8 Å². The zero-order valence-corrected chi connectivity index (χ0v) is 15.5. The van der Waals surface area contributed by atoms with Crippen LogP contribution in [0.2, 0.25) is 0 Å². The molecule has 0 spiro atoms. The predicted octanol–water partition coefficient (Wildman–Crippen LogP) is 3.25. The highest BCUT2D eigenvalue weighted by atomic mass is 35.5. The minimum atomic E-state index is 0. The smallest absolute Gasteiger partial charge is 0.122 e. The minimum absolute atomic E-state index is 0. The van der Waals surface area contributed by atoms with Gasteiger partial charge in [0.05, 0.1) is 5.69 Å². The van der Waals surface area contributed by atoms with Gasteiger partial charge in [-0.1, -0.05) is 6.92 Å². The van der Waals surface area contributed by atoms with E-state index in [0.29, 0.717) is 0 Å². The van der Waals surface area contributed by atoms with E-state index in [1.165, 1.54) is 6.42 Å². The molecule has 0 aliphatic carbocycles. The van der Waals surface area contributed by atoms with Crippen molar-refractivity contribution in [3.8, 4) is 0 Å². The lowest BCUT2D eigenvalue weighted by Gasteiger charge is -2.22. The summed E-state index contributed by atoms with van der Waals surface area (Å²) in [6.45, 7) is 11.0. The van der Waals surface area contributed by atoms with Crippen molar-refractivity contribution in [2.24, 2.45) is 11.1 Å². The third-order valence-electron chi connectivity index (χ3n) is 3.85. The molecule has 0 amide bonds. The average molecular weight is 356 g/mol. The summed E-state index contributed by atoms with van der Waals surface area (Å²) in [5.41, 5.74) is 7.29. The van der Waals surface area contributed by atoms with Crippen LogP contribution in [-0.2, 0) is 11.3 Å². The Labute approximate surface area is 144 Å². The number of rotatable bonds is 6. The van der Waals surface area contributed by atoms with E-state index in [-0.39, 0.29) is 36.3 Å². The van der Waals surface area contributed by atoms with E-state index in [4.69, 9.17) is 10.5 Å². The summed E-state index contributed by atoms with van der Waals surface area (Å²) >= 11 is 1.70. The summed E-state index contributed by atoms with van der Waals surface area (Å²) in [5, 5.41) is 3.24. The highest BCUT2D eigenvalue weighted by Gasteiger charge is 2.32. The summed E-state index contributed by atoms with van der Waals surface area (Å²) in [5.74, 6) is 0. The summed E-state index contributed by atoms with van der Waals surface area (Å²) < 4.78 is 5.58. The molecule has 0 saturated carbocycles. The van der Waals surface area contributed by atoms with Crippen LogP contribution in [0.25, 0.3) is 0 Å². The molecule has 0 bridgehead atoms. The van der Waals surface area contributed by atoms with E-state index in [1.807, 2.05) is 6.92 Å². The van der Waals surface area contributed by atoms with Crippen LogP contribution in [0.15, 0.2) is 5.38 Å². The molecule has 1 aromatic heterocycles. The molecular weight excluding hydrogens is 329 g/mol. The van der Waals surface area contributed by atoms with Gasteiger partial charge in [-0.25, -0.2) is 4.98 Å². The van der Waals surface area contributed by atoms with Crippen LogP contribution in [0.3, 0.4) is 0 Å². The first kappa shape index (κ1) is 21.1. The molecule has 1 fully saturated rings. The Morgan fingerprint density at radius 1 is 1.52 bits per heavy atom. The maximum atomic E-state index is 5.84. The second-order valence-electron chi connectivity index (χ2n) is 5.75. The number of hydrogen-bond donors (Lipinski definition) is 1. The minimum Gasteiger partial charge on any atom is -0.372 e. The number of nitrogens with zero attached hydrogens (tertiary/aromatic N) is 2. The predicted molar refractivity (Wildman–Crippen MR) is 93.7 cm³/mol. The van der Waals surface area contributed by atoms with E-state index in [1.54, 1.807) is 11.3 Å². The largest absolute Gasteiger partial charge is 0.372 e. The monoisotopic (exact) mass is 355 g/mol. The van der Waals surface area contributed by atoms with Gasteiger partial charge >= 0.3 is 0 Å². The normalized spacial score (nSPS) is 23.4. The molecule has 4 nitrogen and oxygen atoms in total. The zero-order valence-electron chi connectivity index (χ0n) is 13.0. The van der Waals surface area contributed by atoms with Crippen molar-refractivity contribution in [2.45, 2.75) is 39.8 Å². The number of halogens is 2. The van der Waals surface area contributed by atoms with Crippen LogP contribution in [0.5, 0.6) is 0 Å². The van der Waals surface area contributed by atoms with Crippen molar-refractivity contribution in [1.82, 2.24) is 9.88 Å². The van der Waals surface area contributed by atoms with Crippen LogP contribution in [0.1, 0.15) is 44.0 Å². The first-order chi connectivity index (χ1) is 9.06. The van der Waals surface area contributed by atoms with E-state index >= 15 is 0 Å². The maximum Gasteiger partial charge on any atom is 0.122 e. The Morgan fingerprint density at radius 2 is 2.24 bits per heavy atom. The second kappa shape index (κ2) is 9.28. The Balaban J connectivity index is 0.00000200. The fourth-order valence-electron chi connectivity index (χ4n) is 2.56. The molecule has 2 N–H and O–H groups in total. The fourth-order valence-corrected chi connectivity index (χ4v) is 3.37. The van der Waals surface area contributed by atoms with Gasteiger partial charge in [0.2, 0.25) is 0 Å². The number of likely N-dealkylation sites (tertiary alicyclic amines) is 1. The molecule has 1 aliphatic rings. The number of nitrogens with two attached hydrogens (primary N) is 1. The van der Waals surface area contributed by atoms with Gasteiger partial charge in [0, 0.05) is 25.1 Å². The van der Waals surface area contributed by atoms with Crippen LogP contribution in [-0.4, -0.2) is 36.1 Å². The molecule has 2 unspecified atom stereocenters. The third-order valence-corrected chi connectivity index (χ3v) is 4.90. The molecule has 2 atom stereocenters. The summed E-state index contributed by atoms with van der Waals surface area (Å²) in [4.78, 5) is 7.14. The van der Waals surface area contributed by atoms with Gasteiger partial charge in [-0.3, -0.25) is 4.90 Å². The van der Waals surface area contributed by atoms with Crippen molar-refractivity contribution in [2.75, 3.05) is 26.2 Å². The van der Waals surface area contributed by atoms with Crippen molar-refractivity contribution >= 4 is 36.2 Å². The number of hydrogen-bond acceptors (Lipinski definition) is 5. The molecular formula is C14H27Cl2N3OS. The average Bonchev–Trinajstić information content (AvgIpc) is 2.98. The summed E-state index contributed by atoms with van der Waals surface area (Å²) in [7, 11) is 0. The van der Waals surface area contributed by atoms with Crippen molar-refractivity contribution in [1.29, 1.82) is 0 Å². The fraction of sp³-hybridized carbons (Fsp3) is 0.786. The van der Waals surface area contributed by atoms with E-state index in [9.17, 15) is 0 Å². The van der Waals surface area contributed by atoms with Gasteiger partial charge in [-0.15, -0.1) is 36.2 Å². The topological polar surface area (TPSA) is 51.4 Å². The molecule has 2 rings (SSSR count). The molecule has 1 saturated heterocycles. The van der Waals surface area contributed by atoms with Gasteiger partial charge < -0.3 is 10.5 Å². The molecule has 0 aromatic carbocycles. The lowest BCUT2D eigenvalue weighted by molar-refractivity contribution is 0.0760. The Hall–Kier alpha value is 0.0900. The Bertz CT molecular complexity index is 419. The first-order valence-electron chi connectivity index (χ1n) is 7.04. The molecule has 1 aromatic rings. The van der Waals surface area contributed by atoms with Gasteiger partial charge in [0.25, 0.3) is 0 Å². The highest BCUT2D eigenvalue weighted by Crippen LogP contribution is 2.30. The van der Waals surface area contributed by atoms with Gasteiger partial charge in [0.1, 0.15) is 11.1 Å². The first-order valence-corrected chi connectivity index (χ1v) is 7.92. The quantitative estimate of drug-likeness (QED) is 0.850. The molecule has 2 heterocycles. The molecule has 21 heavy (non-hydrogen) atoms. The molecule has 7 heteroatoms. The number of ether oxygens (including phenoxy) is 1. The number of aromatic nitrogens is 1. The van der Waals surface area contributed by atoms with E-state index in [2.05, 4.69) is 29.1 Å². The second-order valence-corrected chi connectivity index (χ2v) is 6.64. The third kappa shape index (κ3) is 5.66. The van der Waals surface area contributed by atoms with Crippen LogP contribution in [0, 0.1) is 5.41 Å². The van der Waals surface area contributed by atoms with Crippen molar-refractivity contribution < 1.29 is 4.74 Å². The van der Waals surface area contributed by atoms with Gasteiger partial charge in [-0.2, -0.15) is 0 Å². The van der Waals surface area contributed by atoms with Gasteiger partial charge in [0.15, 0.2) is 0 Å². The zero-order chi connectivity index (χ0) is 13.9. The lowest BCUT2D eigenvalue weighted by atomic mass is 9.90. The van der Waals surface area contributed by atoms with Crippen LogP contribution < -0.4 is 5.73 Å². The molecule has 0 radical (unpaired) electrons. The van der Waals surface area contributed by atoms with Crippen molar-refractivity contribution in [3.05, 3.63) is 16.1 Å². The van der Waals surface area contributed by atoms with Crippen LogP contribution in [0.4, 0.5) is 0 Å². The van der Waals surface area contributed by atoms with Crippen molar-refractivity contribution in [3.63, 3.8) is 0 Å². The number of thiazole rings is 1. The SMILES string of the molecule is CCOC(C)c1nc(CN2CCC(C)(CN)C2)cs1.Cl.Cl. The van der Waals surface area contributed by atoms with E-state index < -0.39 is 0 Å². The Kier molecular flexibility index (Phi) is 9.32. The summed E-state index contributed by atoms with van der Waals surface area (Å²) in [6, 6.07) is 0. The Morgan fingerprint density at radius 3 is 2.81 bits per heavy atom. The summed E-state index contributed by atoms with van der Waals surface area (Å²) in [6.07, 6.45) is 1.30. The highest BCUT2D eigenvalue weighted by molar-refractivity contribution is 7.09. The standard InChI is InChI=1S/C14H25N3OS.2ClH/c1-4-18-11(2)13-16-12(8-19-13)7-17-6-5-14(3,9-15)10-17;;/h8,11H,4-7,9-10,15H2,1-3H3;2*1H. The maximum absolute atomic E-state index is 5.84. The molecule has 124 valence electrons. The lowest BCUT2D eigenvalue weighted by Crippen LogP contribution is -2.31.